The van der Waals surface area contributed by atoms with Crippen LogP contribution in [0.2, 0.25) is 0 Å². The second-order valence-electron chi connectivity index (χ2n) is 11.4. The third kappa shape index (κ3) is 5.21. The molecule has 0 radical (unpaired) electrons. The number of alkyl halides is 3. The molecular formula is C30H36F3N7. The maximum atomic E-state index is 13.8. The third-order valence-electron chi connectivity index (χ3n) is 8.66. The highest BCUT2D eigenvalue weighted by Crippen LogP contribution is 2.48. The molecule has 0 bridgehead atoms. The number of hydrogen-bond acceptors (Lipinski definition) is 7. The molecule has 4 heterocycles. The Morgan fingerprint density at radius 1 is 1.02 bits per heavy atom. The molecule has 40 heavy (non-hydrogen) atoms. The molecule has 2 aromatic heterocycles. The average molecular weight is 552 g/mol. The van der Waals surface area contributed by atoms with E-state index in [1.165, 1.54) is 30.7 Å². The van der Waals surface area contributed by atoms with Gasteiger partial charge in [-0.15, -0.1) is 0 Å². The summed E-state index contributed by atoms with van der Waals surface area (Å²) in [7, 11) is 1.99. The van der Waals surface area contributed by atoms with Gasteiger partial charge in [-0.1, -0.05) is 12.1 Å². The highest BCUT2D eigenvalue weighted by molar-refractivity contribution is 5.64. The van der Waals surface area contributed by atoms with Crippen molar-refractivity contribution >= 4 is 23.3 Å². The van der Waals surface area contributed by atoms with Crippen LogP contribution < -0.4 is 20.4 Å². The topological polar surface area (TPSA) is 69.2 Å². The van der Waals surface area contributed by atoms with Crippen LogP contribution in [0.15, 0.2) is 42.6 Å². The summed E-state index contributed by atoms with van der Waals surface area (Å²) in [5, 5.41) is 6.87. The van der Waals surface area contributed by atoms with Crippen LogP contribution in [-0.4, -0.2) is 54.2 Å². The summed E-state index contributed by atoms with van der Waals surface area (Å²) in [6.45, 7) is 4.86. The van der Waals surface area contributed by atoms with E-state index in [4.69, 9.17) is 9.97 Å². The minimum atomic E-state index is -4.47. The van der Waals surface area contributed by atoms with E-state index in [1.807, 2.05) is 7.05 Å². The molecule has 2 fully saturated rings. The number of rotatable bonds is 7. The van der Waals surface area contributed by atoms with Crippen molar-refractivity contribution in [3.63, 3.8) is 0 Å². The van der Waals surface area contributed by atoms with Gasteiger partial charge in [0, 0.05) is 61.5 Å². The van der Waals surface area contributed by atoms with E-state index in [-0.39, 0.29) is 11.2 Å². The Morgan fingerprint density at radius 2 is 1.80 bits per heavy atom. The number of anilines is 4. The molecule has 1 aromatic carbocycles. The molecule has 3 aromatic rings. The molecule has 1 saturated carbocycles. The predicted molar refractivity (Wildman–Crippen MR) is 151 cm³/mol. The lowest BCUT2D eigenvalue weighted by Gasteiger charge is -2.24. The molecule has 0 spiro atoms. The molecule has 0 amide bonds. The van der Waals surface area contributed by atoms with E-state index in [9.17, 15) is 13.2 Å². The van der Waals surface area contributed by atoms with Crippen LogP contribution in [0.4, 0.5) is 36.4 Å². The maximum Gasteiger partial charge on any atom is 0.419 e. The third-order valence-corrected chi connectivity index (χ3v) is 8.66. The zero-order valence-electron chi connectivity index (χ0n) is 23.1. The summed E-state index contributed by atoms with van der Waals surface area (Å²) < 4.78 is 41.3. The first-order valence-corrected chi connectivity index (χ1v) is 14.2. The minimum Gasteiger partial charge on any atom is -0.355 e. The van der Waals surface area contributed by atoms with Crippen molar-refractivity contribution < 1.29 is 13.2 Å². The first-order chi connectivity index (χ1) is 19.3. The van der Waals surface area contributed by atoms with Crippen LogP contribution >= 0.6 is 0 Å². The van der Waals surface area contributed by atoms with E-state index in [0.29, 0.717) is 37.9 Å². The zero-order valence-corrected chi connectivity index (χ0v) is 23.1. The molecule has 10 heteroatoms. The van der Waals surface area contributed by atoms with Crippen molar-refractivity contribution in [1.82, 2.24) is 20.3 Å². The first kappa shape index (κ1) is 26.8. The highest BCUT2D eigenvalue weighted by Gasteiger charge is 2.43. The van der Waals surface area contributed by atoms with E-state index in [2.05, 4.69) is 51.7 Å². The SMILES string of the molecule is CNCC1(c2ccc(Nc3nc(N4CCCC4C)nc4c3CCN(c3ncccc3C(F)(F)F)CC4)cc2)CC1. The summed E-state index contributed by atoms with van der Waals surface area (Å²) >= 11 is 0. The van der Waals surface area contributed by atoms with Crippen LogP contribution in [0, 0.1) is 0 Å². The fraction of sp³-hybridized carbons (Fsp3) is 0.500. The van der Waals surface area contributed by atoms with E-state index in [0.717, 1.165) is 54.8 Å². The molecule has 6 rings (SSSR count). The number of nitrogens with one attached hydrogen (secondary N) is 2. The molecule has 2 N–H and O–H groups in total. The van der Waals surface area contributed by atoms with Crippen LogP contribution in [0.1, 0.15) is 55.0 Å². The van der Waals surface area contributed by atoms with E-state index < -0.39 is 11.7 Å². The van der Waals surface area contributed by atoms with Gasteiger partial charge in [-0.2, -0.15) is 18.2 Å². The highest BCUT2D eigenvalue weighted by atomic mass is 19.4. The van der Waals surface area contributed by atoms with Gasteiger partial charge in [-0.05, 0) is 75.9 Å². The Morgan fingerprint density at radius 3 is 2.48 bits per heavy atom. The molecule has 2 aliphatic heterocycles. The van der Waals surface area contributed by atoms with Crippen molar-refractivity contribution in [1.29, 1.82) is 0 Å². The van der Waals surface area contributed by atoms with Crippen molar-refractivity contribution in [2.75, 3.05) is 48.3 Å². The average Bonchev–Trinajstić information content (AvgIpc) is 3.65. The van der Waals surface area contributed by atoms with Crippen LogP contribution in [0.25, 0.3) is 0 Å². The fourth-order valence-corrected chi connectivity index (χ4v) is 6.23. The van der Waals surface area contributed by atoms with Gasteiger partial charge in [0.25, 0.3) is 0 Å². The minimum absolute atomic E-state index is 0.0233. The first-order valence-electron chi connectivity index (χ1n) is 14.2. The van der Waals surface area contributed by atoms with Crippen LogP contribution in [-0.2, 0) is 24.4 Å². The number of benzene rings is 1. The smallest absolute Gasteiger partial charge is 0.355 e. The molecule has 7 nitrogen and oxygen atoms in total. The Hall–Kier alpha value is -3.40. The number of aromatic nitrogens is 3. The van der Waals surface area contributed by atoms with Gasteiger partial charge in [0.2, 0.25) is 5.95 Å². The van der Waals surface area contributed by atoms with Gasteiger partial charge in [-0.25, -0.2) is 9.97 Å². The Kier molecular flexibility index (Phi) is 7.06. The summed E-state index contributed by atoms with van der Waals surface area (Å²) in [6.07, 6.45) is 2.56. The molecule has 3 aliphatic rings. The summed E-state index contributed by atoms with van der Waals surface area (Å²) in [6, 6.07) is 11.4. The quantitative estimate of drug-likeness (QED) is 0.403. The number of fused-ring (bicyclic) bond motifs is 1. The second-order valence-corrected chi connectivity index (χ2v) is 11.4. The normalized spacial score (nSPS) is 20.3. The van der Waals surface area contributed by atoms with Crippen LogP contribution in [0.5, 0.6) is 0 Å². The van der Waals surface area contributed by atoms with E-state index in [1.54, 1.807) is 4.90 Å². The zero-order chi connectivity index (χ0) is 27.9. The van der Waals surface area contributed by atoms with Crippen LogP contribution in [0.3, 0.4) is 0 Å². The standard InChI is InChI=1S/C30H36F3N7/c1-20-5-4-16-40(20)28-37-25-12-18-39(27-24(30(31,32)33)6-3-15-35-27)17-11-23(25)26(38-28)36-22-9-7-21(8-10-22)29(13-14-29)19-34-2/h3,6-10,15,20,34H,4-5,11-14,16-19H2,1-2H3,(H,36,37,38). The molecule has 1 saturated heterocycles. The maximum absolute atomic E-state index is 13.8. The molecule has 1 aliphatic carbocycles. The number of nitrogens with zero attached hydrogens (tertiary/aromatic N) is 5. The lowest BCUT2D eigenvalue weighted by atomic mass is 9.96. The monoisotopic (exact) mass is 551 g/mol. The van der Waals surface area contributed by atoms with Crippen molar-refractivity contribution in [3.05, 3.63) is 65.0 Å². The lowest BCUT2D eigenvalue weighted by Crippen LogP contribution is -2.29. The van der Waals surface area contributed by atoms with Crippen molar-refractivity contribution in [3.8, 4) is 0 Å². The Labute approximate surface area is 233 Å². The number of halogens is 3. The molecule has 1 unspecified atom stereocenters. The van der Waals surface area contributed by atoms with Gasteiger partial charge in [0.15, 0.2) is 0 Å². The summed E-state index contributed by atoms with van der Waals surface area (Å²) in [5.74, 6) is 1.41. The fourth-order valence-electron chi connectivity index (χ4n) is 6.23. The number of likely N-dealkylation sites (N-methyl/N-ethyl adjacent to an activating group) is 1. The molecule has 1 atom stereocenters. The number of hydrogen-bond donors (Lipinski definition) is 2. The second kappa shape index (κ2) is 10.5. The summed E-state index contributed by atoms with van der Waals surface area (Å²) in [5.41, 5.74) is 3.66. The molecular weight excluding hydrogens is 515 g/mol. The number of pyridine rings is 1. The van der Waals surface area contributed by atoms with Gasteiger partial charge in [0.1, 0.15) is 11.6 Å². The summed E-state index contributed by atoms with van der Waals surface area (Å²) in [4.78, 5) is 18.1. The lowest BCUT2D eigenvalue weighted by molar-refractivity contribution is -0.137. The van der Waals surface area contributed by atoms with E-state index >= 15 is 0 Å². The van der Waals surface area contributed by atoms with Gasteiger partial charge in [-0.3, -0.25) is 0 Å². The molecule has 212 valence electrons. The largest absolute Gasteiger partial charge is 0.419 e. The van der Waals surface area contributed by atoms with Gasteiger partial charge in [0.05, 0.1) is 11.3 Å². The Balaban J connectivity index is 1.31. The van der Waals surface area contributed by atoms with Crippen molar-refractivity contribution in [2.45, 2.75) is 63.1 Å². The predicted octanol–water partition coefficient (Wildman–Crippen LogP) is 5.48. The van der Waals surface area contributed by atoms with Crippen molar-refractivity contribution in [2.24, 2.45) is 0 Å². The Bertz CT molecular complexity index is 1350. The van der Waals surface area contributed by atoms with Gasteiger partial charge < -0.3 is 20.4 Å². The van der Waals surface area contributed by atoms with Gasteiger partial charge >= 0.3 is 6.18 Å².